The molecule has 0 radical (unpaired) electrons. The van der Waals surface area contributed by atoms with Crippen LogP contribution in [-0.4, -0.2) is 59.0 Å². The SMILES string of the molecule is CCCOc1nc(C)c(C(=O)NCC(CC)C(=O)N[C@@H]2C(=O)N3CCCN3Cc3ccccc32)s1. The number of carbonyl (C=O) groups is 3. The van der Waals surface area contributed by atoms with Crippen LogP contribution in [0, 0.1) is 12.8 Å². The van der Waals surface area contributed by atoms with Crippen LogP contribution in [0.15, 0.2) is 24.3 Å². The number of carbonyl (C=O) groups excluding carboxylic acids is 3. The lowest BCUT2D eigenvalue weighted by Crippen LogP contribution is -2.47. The standard InChI is InChI=1S/C25H33N5O4S/c1-4-13-34-25-27-16(3)21(35-25)23(32)26-14-17(5-2)22(31)28-20-19-10-7-6-9-18(19)15-29-11-8-12-30(29)24(20)33/h6-7,9-10,17,20H,4-5,8,11-15H2,1-3H3,(H,26,32)(H,28,31)/t17?,20-/m0/s1. The Bertz CT molecular complexity index is 1090. The normalized spacial score (nSPS) is 18.4. The summed E-state index contributed by atoms with van der Waals surface area (Å²) in [4.78, 5) is 44.2. The summed E-state index contributed by atoms with van der Waals surface area (Å²) in [7, 11) is 0. The Morgan fingerprint density at radius 3 is 2.83 bits per heavy atom. The van der Waals surface area contributed by atoms with Gasteiger partial charge < -0.3 is 15.4 Å². The maximum absolute atomic E-state index is 13.4. The van der Waals surface area contributed by atoms with E-state index in [2.05, 4.69) is 20.6 Å². The zero-order valence-corrected chi connectivity index (χ0v) is 21.3. The fourth-order valence-corrected chi connectivity index (χ4v) is 5.33. The van der Waals surface area contributed by atoms with Crippen molar-refractivity contribution in [2.75, 3.05) is 26.2 Å². The van der Waals surface area contributed by atoms with E-state index in [0.29, 0.717) is 41.9 Å². The molecular formula is C25H33N5O4S. The van der Waals surface area contributed by atoms with Crippen LogP contribution in [0.3, 0.4) is 0 Å². The lowest BCUT2D eigenvalue weighted by Gasteiger charge is -2.28. The highest BCUT2D eigenvalue weighted by Gasteiger charge is 2.38. The lowest BCUT2D eigenvalue weighted by molar-refractivity contribution is -0.148. The Kier molecular flexibility index (Phi) is 8.02. The van der Waals surface area contributed by atoms with Gasteiger partial charge in [-0.1, -0.05) is 49.4 Å². The van der Waals surface area contributed by atoms with Crippen LogP contribution in [0.25, 0.3) is 0 Å². The second kappa shape index (κ2) is 11.2. The summed E-state index contributed by atoms with van der Waals surface area (Å²) in [5, 5.41) is 10.2. The number of thiazole rings is 1. The molecule has 0 aliphatic carbocycles. The topological polar surface area (TPSA) is 104 Å². The summed E-state index contributed by atoms with van der Waals surface area (Å²) in [6.45, 7) is 8.52. The predicted molar refractivity (Wildman–Crippen MR) is 133 cm³/mol. The number of hydrazine groups is 1. The monoisotopic (exact) mass is 499 g/mol. The molecule has 1 unspecified atom stereocenters. The molecule has 188 valence electrons. The molecule has 3 heterocycles. The number of aromatic nitrogens is 1. The highest BCUT2D eigenvalue weighted by Crippen LogP contribution is 2.30. The second-order valence-corrected chi connectivity index (χ2v) is 9.86. The number of hydrogen-bond acceptors (Lipinski definition) is 7. The molecule has 1 aromatic carbocycles. The van der Waals surface area contributed by atoms with Crippen molar-refractivity contribution in [2.24, 2.45) is 5.92 Å². The number of aryl methyl sites for hydroxylation is 1. The third-order valence-corrected chi connectivity index (χ3v) is 7.49. The molecule has 9 nitrogen and oxygen atoms in total. The molecule has 0 bridgehead atoms. The third kappa shape index (κ3) is 5.48. The fraction of sp³-hybridized carbons (Fsp3) is 0.520. The van der Waals surface area contributed by atoms with Crippen LogP contribution >= 0.6 is 11.3 Å². The van der Waals surface area contributed by atoms with Gasteiger partial charge in [0.1, 0.15) is 10.9 Å². The van der Waals surface area contributed by atoms with Crippen LogP contribution in [0.1, 0.15) is 65.6 Å². The molecule has 2 aliphatic rings. The third-order valence-electron chi connectivity index (χ3n) is 6.42. The molecule has 2 N–H and O–H groups in total. The smallest absolute Gasteiger partial charge is 0.274 e. The maximum Gasteiger partial charge on any atom is 0.274 e. The highest BCUT2D eigenvalue weighted by molar-refractivity contribution is 7.15. The second-order valence-electron chi connectivity index (χ2n) is 8.90. The van der Waals surface area contributed by atoms with E-state index in [1.165, 1.54) is 11.3 Å². The van der Waals surface area contributed by atoms with Crippen LogP contribution in [-0.2, 0) is 16.1 Å². The van der Waals surface area contributed by atoms with E-state index < -0.39 is 12.0 Å². The molecule has 1 aromatic heterocycles. The Labute approximate surface area is 209 Å². The Morgan fingerprint density at radius 2 is 2.06 bits per heavy atom. The first-order valence-electron chi connectivity index (χ1n) is 12.3. The molecule has 0 spiro atoms. The molecule has 4 rings (SSSR count). The van der Waals surface area contributed by atoms with E-state index >= 15 is 0 Å². The molecular weight excluding hydrogens is 466 g/mol. The van der Waals surface area contributed by atoms with Gasteiger partial charge >= 0.3 is 0 Å². The first-order valence-corrected chi connectivity index (χ1v) is 13.1. The van der Waals surface area contributed by atoms with E-state index in [0.717, 1.165) is 30.5 Å². The van der Waals surface area contributed by atoms with Crippen molar-refractivity contribution in [3.63, 3.8) is 0 Å². The molecule has 2 atom stereocenters. The number of nitrogens with one attached hydrogen (secondary N) is 2. The van der Waals surface area contributed by atoms with Crippen molar-refractivity contribution in [3.8, 4) is 5.19 Å². The number of amides is 3. The quantitative estimate of drug-likeness (QED) is 0.550. The molecule has 2 aliphatic heterocycles. The molecule has 35 heavy (non-hydrogen) atoms. The zero-order chi connectivity index (χ0) is 24.9. The van der Waals surface area contributed by atoms with Crippen molar-refractivity contribution in [1.29, 1.82) is 0 Å². The van der Waals surface area contributed by atoms with Crippen LogP contribution in [0.5, 0.6) is 5.19 Å². The Morgan fingerprint density at radius 1 is 1.26 bits per heavy atom. The number of rotatable bonds is 9. The van der Waals surface area contributed by atoms with E-state index in [9.17, 15) is 14.4 Å². The van der Waals surface area contributed by atoms with Crippen LogP contribution in [0.2, 0.25) is 0 Å². The minimum atomic E-state index is -0.742. The Balaban J connectivity index is 1.43. The summed E-state index contributed by atoms with van der Waals surface area (Å²) in [6, 6.07) is 7.03. The van der Waals surface area contributed by atoms with Gasteiger partial charge in [0.05, 0.1) is 18.2 Å². The van der Waals surface area contributed by atoms with Crippen molar-refractivity contribution >= 4 is 29.1 Å². The van der Waals surface area contributed by atoms with Crippen LogP contribution < -0.4 is 15.4 Å². The summed E-state index contributed by atoms with van der Waals surface area (Å²) in [6.07, 6.45) is 2.30. The molecule has 2 aromatic rings. The van der Waals surface area contributed by atoms with Crippen molar-refractivity contribution < 1.29 is 19.1 Å². The van der Waals surface area contributed by atoms with Gasteiger partial charge in [-0.25, -0.2) is 9.99 Å². The summed E-state index contributed by atoms with van der Waals surface area (Å²) >= 11 is 1.21. The average molecular weight is 500 g/mol. The molecule has 1 fully saturated rings. The van der Waals surface area contributed by atoms with Crippen LogP contribution in [0.4, 0.5) is 0 Å². The Hall–Kier alpha value is -2.98. The zero-order valence-electron chi connectivity index (χ0n) is 20.5. The van der Waals surface area contributed by atoms with Gasteiger partial charge in [-0.05, 0) is 37.3 Å². The number of benzene rings is 1. The van der Waals surface area contributed by atoms with Gasteiger partial charge in [-0.15, -0.1) is 0 Å². The largest absolute Gasteiger partial charge is 0.470 e. The maximum atomic E-state index is 13.4. The fourth-order valence-electron chi connectivity index (χ4n) is 4.47. The number of hydrogen-bond donors (Lipinski definition) is 2. The van der Waals surface area contributed by atoms with Crippen molar-refractivity contribution in [1.82, 2.24) is 25.6 Å². The van der Waals surface area contributed by atoms with E-state index in [1.807, 2.05) is 38.1 Å². The first-order chi connectivity index (χ1) is 16.9. The lowest BCUT2D eigenvalue weighted by atomic mass is 9.98. The van der Waals surface area contributed by atoms with Crippen molar-refractivity contribution in [2.45, 2.75) is 52.6 Å². The summed E-state index contributed by atoms with van der Waals surface area (Å²) in [5.41, 5.74) is 2.48. The van der Waals surface area contributed by atoms with Gasteiger partial charge in [-0.3, -0.25) is 19.4 Å². The van der Waals surface area contributed by atoms with Gasteiger partial charge in [0, 0.05) is 26.2 Å². The average Bonchev–Trinajstić information content (AvgIpc) is 3.45. The van der Waals surface area contributed by atoms with Gasteiger partial charge in [-0.2, -0.15) is 0 Å². The number of nitrogens with zero attached hydrogens (tertiary/aromatic N) is 3. The minimum absolute atomic E-state index is 0.111. The van der Waals surface area contributed by atoms with E-state index in [1.54, 1.807) is 11.9 Å². The first kappa shape index (κ1) is 25.1. The van der Waals surface area contributed by atoms with E-state index in [4.69, 9.17) is 4.74 Å². The minimum Gasteiger partial charge on any atom is -0.470 e. The van der Waals surface area contributed by atoms with Gasteiger partial charge in [0.25, 0.3) is 17.0 Å². The van der Waals surface area contributed by atoms with Gasteiger partial charge in [0.15, 0.2) is 0 Å². The molecule has 10 heteroatoms. The molecule has 1 saturated heterocycles. The number of fused-ring (bicyclic) bond motifs is 2. The predicted octanol–water partition coefficient (Wildman–Crippen LogP) is 2.82. The highest BCUT2D eigenvalue weighted by atomic mass is 32.1. The van der Waals surface area contributed by atoms with Gasteiger partial charge in [0.2, 0.25) is 5.91 Å². The molecule has 3 amide bonds. The van der Waals surface area contributed by atoms with Crippen molar-refractivity contribution in [3.05, 3.63) is 46.0 Å². The summed E-state index contributed by atoms with van der Waals surface area (Å²) < 4.78 is 5.54. The molecule has 0 saturated carbocycles. The summed E-state index contributed by atoms with van der Waals surface area (Å²) in [5.74, 6) is -1.11. The van der Waals surface area contributed by atoms with E-state index in [-0.39, 0.29) is 24.3 Å². The number of ether oxygens (including phenoxy) is 1.